The molecular formula is C21H23N5OS. The van der Waals surface area contributed by atoms with Crippen molar-refractivity contribution in [2.24, 2.45) is 0 Å². The van der Waals surface area contributed by atoms with Crippen molar-refractivity contribution in [2.75, 3.05) is 5.32 Å². The van der Waals surface area contributed by atoms with Gasteiger partial charge in [0.15, 0.2) is 10.8 Å². The number of anilines is 1. The molecule has 0 saturated heterocycles. The van der Waals surface area contributed by atoms with Crippen molar-refractivity contribution in [3.05, 3.63) is 47.9 Å². The van der Waals surface area contributed by atoms with Gasteiger partial charge in [0.1, 0.15) is 5.82 Å². The van der Waals surface area contributed by atoms with E-state index in [1.54, 1.807) is 17.5 Å². The molecule has 0 aliphatic heterocycles. The summed E-state index contributed by atoms with van der Waals surface area (Å²) < 4.78 is 1.14. The molecular weight excluding hydrogens is 370 g/mol. The molecule has 144 valence electrons. The first-order chi connectivity index (χ1) is 13.6. The summed E-state index contributed by atoms with van der Waals surface area (Å²) in [5.74, 6) is 0.911. The van der Waals surface area contributed by atoms with Gasteiger partial charge in [-0.2, -0.15) is 0 Å². The van der Waals surface area contributed by atoms with Crippen LogP contribution in [-0.4, -0.2) is 36.7 Å². The summed E-state index contributed by atoms with van der Waals surface area (Å²) in [6.45, 7) is 1.93. The van der Waals surface area contributed by atoms with Gasteiger partial charge in [-0.25, -0.2) is 15.0 Å². The molecule has 0 amide bonds. The van der Waals surface area contributed by atoms with Crippen molar-refractivity contribution in [1.29, 1.82) is 0 Å². The zero-order valence-electron chi connectivity index (χ0n) is 15.8. The zero-order valence-corrected chi connectivity index (χ0v) is 16.6. The Hall–Kier alpha value is -2.51. The van der Waals surface area contributed by atoms with E-state index < -0.39 is 5.60 Å². The summed E-state index contributed by atoms with van der Waals surface area (Å²) in [6, 6.07) is 10.3. The summed E-state index contributed by atoms with van der Waals surface area (Å²) in [5, 5.41) is 15.0. The van der Waals surface area contributed by atoms with E-state index in [0.29, 0.717) is 0 Å². The maximum Gasteiger partial charge on any atom is 0.184 e. The maximum atomic E-state index is 10.6. The van der Waals surface area contributed by atoms with Crippen molar-refractivity contribution in [1.82, 2.24) is 19.9 Å². The van der Waals surface area contributed by atoms with Gasteiger partial charge in [-0.05, 0) is 49.6 Å². The predicted molar refractivity (Wildman–Crippen MR) is 113 cm³/mol. The van der Waals surface area contributed by atoms with Crippen LogP contribution in [0.15, 0.2) is 36.5 Å². The van der Waals surface area contributed by atoms with Crippen LogP contribution in [0.3, 0.4) is 0 Å². The quantitative estimate of drug-likeness (QED) is 0.482. The molecule has 5 rings (SSSR count). The minimum atomic E-state index is -0.670. The number of H-pyrrole nitrogens is 1. The second kappa shape index (κ2) is 6.83. The Bertz CT molecular complexity index is 1100. The zero-order chi connectivity index (χ0) is 19.1. The molecule has 0 spiro atoms. The average Bonchev–Trinajstić information content (AvgIpc) is 3.25. The molecule has 3 heterocycles. The van der Waals surface area contributed by atoms with Crippen LogP contribution in [-0.2, 0) is 6.42 Å². The number of thiazole rings is 1. The smallest absolute Gasteiger partial charge is 0.184 e. The SMILES string of the molecule is C[C@@]1(O)CCCC[C@H]1Nc1nc2ccc(Cc3nc4ncccc4[nH]3)cc2s1. The Morgan fingerprint density at radius 3 is 3.07 bits per heavy atom. The van der Waals surface area contributed by atoms with Crippen molar-refractivity contribution >= 4 is 37.8 Å². The molecule has 0 bridgehead atoms. The van der Waals surface area contributed by atoms with Gasteiger partial charge in [0.2, 0.25) is 0 Å². The number of nitrogens with zero attached hydrogens (tertiary/aromatic N) is 3. The highest BCUT2D eigenvalue weighted by Crippen LogP contribution is 2.33. The topological polar surface area (TPSA) is 86.7 Å². The lowest BCUT2D eigenvalue weighted by molar-refractivity contribution is 0.0106. The molecule has 1 aromatic carbocycles. The first kappa shape index (κ1) is 17.6. The number of hydrogen-bond acceptors (Lipinski definition) is 6. The number of rotatable bonds is 4. The highest BCUT2D eigenvalue weighted by atomic mass is 32.1. The number of pyridine rings is 1. The second-order valence-electron chi connectivity index (χ2n) is 7.86. The maximum absolute atomic E-state index is 10.6. The molecule has 1 fully saturated rings. The van der Waals surface area contributed by atoms with Crippen LogP contribution in [0, 0.1) is 0 Å². The molecule has 6 nitrogen and oxygen atoms in total. The molecule has 1 aliphatic carbocycles. The Kier molecular flexibility index (Phi) is 4.29. The van der Waals surface area contributed by atoms with Gasteiger partial charge in [0, 0.05) is 12.6 Å². The van der Waals surface area contributed by atoms with E-state index in [9.17, 15) is 5.11 Å². The van der Waals surface area contributed by atoms with Gasteiger partial charge >= 0.3 is 0 Å². The van der Waals surface area contributed by atoms with Gasteiger partial charge in [-0.15, -0.1) is 0 Å². The van der Waals surface area contributed by atoms with Gasteiger partial charge in [0.25, 0.3) is 0 Å². The van der Waals surface area contributed by atoms with E-state index in [-0.39, 0.29) is 6.04 Å². The molecule has 3 aromatic heterocycles. The molecule has 0 radical (unpaired) electrons. The fraction of sp³-hybridized carbons (Fsp3) is 0.381. The lowest BCUT2D eigenvalue weighted by Crippen LogP contribution is -2.46. The molecule has 1 saturated carbocycles. The molecule has 2 atom stereocenters. The van der Waals surface area contributed by atoms with Crippen molar-refractivity contribution < 1.29 is 5.11 Å². The van der Waals surface area contributed by atoms with Crippen LogP contribution in [0.1, 0.15) is 44.0 Å². The number of nitrogens with one attached hydrogen (secondary N) is 2. The van der Waals surface area contributed by atoms with Gasteiger partial charge in [-0.3, -0.25) is 0 Å². The van der Waals surface area contributed by atoms with Crippen molar-refractivity contribution in [3.8, 4) is 0 Å². The third-order valence-corrected chi connectivity index (χ3v) is 6.55. The number of aromatic amines is 1. The van der Waals surface area contributed by atoms with E-state index in [1.807, 2.05) is 19.1 Å². The van der Waals surface area contributed by atoms with Crippen LogP contribution in [0.4, 0.5) is 5.13 Å². The van der Waals surface area contributed by atoms with E-state index in [0.717, 1.165) is 64.4 Å². The second-order valence-corrected chi connectivity index (χ2v) is 8.89. The molecule has 4 aromatic rings. The molecule has 7 heteroatoms. The van der Waals surface area contributed by atoms with Gasteiger partial charge in [-0.1, -0.05) is 30.2 Å². The summed E-state index contributed by atoms with van der Waals surface area (Å²) in [7, 11) is 0. The Balaban J connectivity index is 1.37. The van der Waals surface area contributed by atoms with E-state index in [4.69, 9.17) is 4.98 Å². The minimum absolute atomic E-state index is 0.0596. The van der Waals surface area contributed by atoms with Gasteiger partial charge in [0.05, 0.1) is 27.4 Å². The minimum Gasteiger partial charge on any atom is -0.388 e. The summed E-state index contributed by atoms with van der Waals surface area (Å²) in [4.78, 5) is 16.9. The highest BCUT2D eigenvalue weighted by Gasteiger charge is 2.34. The third kappa shape index (κ3) is 3.36. The molecule has 1 aliphatic rings. The Labute approximate surface area is 167 Å². The molecule has 28 heavy (non-hydrogen) atoms. The fourth-order valence-electron chi connectivity index (χ4n) is 4.01. The largest absolute Gasteiger partial charge is 0.388 e. The normalized spacial score (nSPS) is 22.7. The molecule has 0 unspecified atom stereocenters. The number of benzene rings is 1. The van der Waals surface area contributed by atoms with Crippen molar-refractivity contribution in [3.63, 3.8) is 0 Å². The van der Waals surface area contributed by atoms with Crippen LogP contribution in [0.5, 0.6) is 0 Å². The highest BCUT2D eigenvalue weighted by molar-refractivity contribution is 7.22. The summed E-state index contributed by atoms with van der Waals surface area (Å²) in [5.41, 5.74) is 3.21. The molecule has 3 N–H and O–H groups in total. The van der Waals surface area contributed by atoms with Crippen LogP contribution in [0.2, 0.25) is 0 Å². The van der Waals surface area contributed by atoms with Gasteiger partial charge < -0.3 is 15.4 Å². The fourth-order valence-corrected chi connectivity index (χ4v) is 4.99. The lowest BCUT2D eigenvalue weighted by atomic mass is 9.82. The van der Waals surface area contributed by atoms with Crippen LogP contribution >= 0.6 is 11.3 Å². The first-order valence-corrected chi connectivity index (χ1v) is 10.6. The first-order valence-electron chi connectivity index (χ1n) is 9.75. The number of hydrogen-bond donors (Lipinski definition) is 3. The Morgan fingerprint density at radius 1 is 1.29 bits per heavy atom. The monoisotopic (exact) mass is 393 g/mol. The summed E-state index contributed by atoms with van der Waals surface area (Å²) in [6.07, 6.45) is 6.54. The van der Waals surface area contributed by atoms with E-state index >= 15 is 0 Å². The number of imidazole rings is 1. The Morgan fingerprint density at radius 2 is 2.21 bits per heavy atom. The standard InChI is InChI=1S/C21H23N5OS/c1-21(27)9-3-2-6-17(21)25-20-24-14-8-7-13(11-16(14)28-20)12-18-23-15-5-4-10-22-19(15)26-18/h4-5,7-8,10-11,17,27H,2-3,6,9,12H2,1H3,(H,24,25)(H,22,23,26)/t17-,21-/m1/s1. The third-order valence-electron chi connectivity index (χ3n) is 5.61. The number of aliphatic hydroxyl groups is 1. The average molecular weight is 394 g/mol. The summed E-state index contributed by atoms with van der Waals surface area (Å²) >= 11 is 1.65. The van der Waals surface area contributed by atoms with E-state index in [1.165, 1.54) is 5.56 Å². The predicted octanol–water partition coefficient (Wildman–Crippen LogP) is 4.26. The number of fused-ring (bicyclic) bond motifs is 2. The van der Waals surface area contributed by atoms with Crippen molar-refractivity contribution in [2.45, 2.75) is 50.7 Å². The van der Waals surface area contributed by atoms with Crippen LogP contribution in [0.25, 0.3) is 21.4 Å². The van der Waals surface area contributed by atoms with E-state index in [2.05, 4.69) is 38.5 Å². The lowest BCUT2D eigenvalue weighted by Gasteiger charge is -2.37. The number of aromatic nitrogens is 4. The van der Waals surface area contributed by atoms with Crippen LogP contribution < -0.4 is 5.32 Å².